The summed E-state index contributed by atoms with van der Waals surface area (Å²) in [5.74, 6) is 0. The van der Waals surface area contributed by atoms with Gasteiger partial charge in [0.15, 0.2) is 0 Å². The topological polar surface area (TPSA) is 24.9 Å². The summed E-state index contributed by atoms with van der Waals surface area (Å²) in [6.45, 7) is 2.13. The van der Waals surface area contributed by atoms with Crippen LogP contribution in [0.25, 0.3) is 10.2 Å². The average molecular weight is 295 g/mol. The maximum Gasteiger partial charge on any atom is 0.106 e. The first-order valence-corrected chi connectivity index (χ1v) is 7.76. The molecule has 0 fully saturated rings. The molecule has 0 bridgehead atoms. The zero-order chi connectivity index (χ0) is 12.5. The Kier molecular flexibility index (Phi) is 3.24. The van der Waals surface area contributed by atoms with Crippen molar-refractivity contribution in [3.8, 4) is 0 Å². The van der Waals surface area contributed by atoms with Crippen molar-refractivity contribution in [2.45, 2.75) is 13.0 Å². The van der Waals surface area contributed by atoms with Crippen molar-refractivity contribution in [3.63, 3.8) is 0 Å². The minimum Gasteiger partial charge on any atom is -0.375 e. The van der Waals surface area contributed by atoms with Gasteiger partial charge in [0.1, 0.15) is 5.52 Å². The summed E-state index contributed by atoms with van der Waals surface area (Å²) < 4.78 is 1.15. The highest BCUT2D eigenvalue weighted by Gasteiger charge is 2.12. The number of anilines is 1. The minimum atomic E-state index is 0.223. The molecule has 2 nitrogen and oxygen atoms in total. The molecule has 1 atom stereocenters. The molecule has 2 heterocycles. The molecule has 1 aromatic carbocycles. The van der Waals surface area contributed by atoms with Crippen molar-refractivity contribution in [1.29, 1.82) is 0 Å². The van der Waals surface area contributed by atoms with Crippen molar-refractivity contribution in [1.82, 2.24) is 4.98 Å². The smallest absolute Gasteiger partial charge is 0.106 e. The second-order valence-electron chi connectivity index (χ2n) is 4.04. The second kappa shape index (κ2) is 4.88. The highest BCUT2D eigenvalue weighted by atomic mass is 35.5. The van der Waals surface area contributed by atoms with Crippen LogP contribution < -0.4 is 5.32 Å². The zero-order valence-corrected chi connectivity index (χ0v) is 12.1. The number of nitrogens with zero attached hydrogens (tertiary/aromatic N) is 1. The molecular formula is C13H11ClN2S2. The number of nitrogens with one attached hydrogen (secondary N) is 1. The first kappa shape index (κ1) is 12.0. The van der Waals surface area contributed by atoms with Gasteiger partial charge in [-0.15, -0.1) is 11.3 Å². The number of benzene rings is 1. The molecule has 2 aromatic heterocycles. The van der Waals surface area contributed by atoms with E-state index in [-0.39, 0.29) is 6.04 Å². The van der Waals surface area contributed by atoms with Gasteiger partial charge in [-0.25, -0.2) is 4.98 Å². The largest absolute Gasteiger partial charge is 0.375 e. The van der Waals surface area contributed by atoms with Crippen LogP contribution in [0, 0.1) is 0 Å². The normalized spacial score (nSPS) is 12.8. The first-order chi connectivity index (χ1) is 8.75. The standard InChI is InChI=1S/C13H11ClN2S2/c1-8(9-4-5-17-6-9)16-12-10(14)2-3-11-13(12)15-7-18-11/h2-8,16H,1H3. The predicted molar refractivity (Wildman–Crippen MR) is 81.0 cm³/mol. The molecule has 3 aromatic rings. The van der Waals surface area contributed by atoms with Crippen LogP contribution in [0.15, 0.2) is 34.5 Å². The Balaban J connectivity index is 1.99. The van der Waals surface area contributed by atoms with Crippen LogP contribution in [0.2, 0.25) is 5.02 Å². The van der Waals surface area contributed by atoms with Crippen LogP contribution in [0.3, 0.4) is 0 Å². The van der Waals surface area contributed by atoms with E-state index in [1.807, 2.05) is 17.6 Å². The fourth-order valence-electron chi connectivity index (χ4n) is 1.87. The Labute approximate surface area is 118 Å². The van der Waals surface area contributed by atoms with Crippen molar-refractivity contribution in [2.75, 3.05) is 5.32 Å². The van der Waals surface area contributed by atoms with E-state index in [0.717, 1.165) is 20.9 Å². The third-order valence-electron chi connectivity index (χ3n) is 2.86. The number of hydrogen-bond acceptors (Lipinski definition) is 4. The lowest BCUT2D eigenvalue weighted by Crippen LogP contribution is -2.06. The van der Waals surface area contributed by atoms with Crippen LogP contribution in [-0.4, -0.2) is 4.98 Å². The van der Waals surface area contributed by atoms with E-state index in [9.17, 15) is 0 Å². The van der Waals surface area contributed by atoms with E-state index < -0.39 is 0 Å². The van der Waals surface area contributed by atoms with Crippen LogP contribution in [0.4, 0.5) is 5.69 Å². The van der Waals surface area contributed by atoms with E-state index >= 15 is 0 Å². The van der Waals surface area contributed by atoms with Gasteiger partial charge >= 0.3 is 0 Å². The molecule has 3 rings (SSSR count). The van der Waals surface area contributed by atoms with Crippen LogP contribution in [0.5, 0.6) is 0 Å². The lowest BCUT2D eigenvalue weighted by atomic mass is 10.1. The monoisotopic (exact) mass is 294 g/mol. The summed E-state index contributed by atoms with van der Waals surface area (Å²) in [5.41, 5.74) is 4.99. The third kappa shape index (κ3) is 2.11. The summed E-state index contributed by atoms with van der Waals surface area (Å²) >= 11 is 9.60. The average Bonchev–Trinajstić information content (AvgIpc) is 3.02. The summed E-state index contributed by atoms with van der Waals surface area (Å²) in [6, 6.07) is 6.28. The predicted octanol–water partition coefficient (Wildman–Crippen LogP) is 5.18. The summed E-state index contributed by atoms with van der Waals surface area (Å²) in [5, 5.41) is 8.41. The Hall–Kier alpha value is -1.10. The number of hydrogen-bond donors (Lipinski definition) is 1. The molecule has 1 unspecified atom stereocenters. The molecule has 0 aliphatic carbocycles. The molecule has 18 heavy (non-hydrogen) atoms. The van der Waals surface area contributed by atoms with E-state index in [1.54, 1.807) is 22.7 Å². The van der Waals surface area contributed by atoms with Gasteiger partial charge in [0.05, 0.1) is 20.9 Å². The molecule has 0 saturated carbocycles. The number of fused-ring (bicyclic) bond motifs is 1. The van der Waals surface area contributed by atoms with Gasteiger partial charge in [0.2, 0.25) is 0 Å². The van der Waals surface area contributed by atoms with Gasteiger partial charge in [-0.1, -0.05) is 11.6 Å². The Morgan fingerprint density at radius 3 is 3.00 bits per heavy atom. The molecular weight excluding hydrogens is 284 g/mol. The fraction of sp³-hybridized carbons (Fsp3) is 0.154. The maximum atomic E-state index is 6.27. The van der Waals surface area contributed by atoms with Crippen LogP contribution in [-0.2, 0) is 0 Å². The molecule has 0 amide bonds. The SMILES string of the molecule is CC(Nc1c(Cl)ccc2scnc12)c1ccsc1. The first-order valence-electron chi connectivity index (χ1n) is 5.56. The quantitative estimate of drug-likeness (QED) is 0.719. The zero-order valence-electron chi connectivity index (χ0n) is 9.68. The lowest BCUT2D eigenvalue weighted by Gasteiger charge is -2.15. The highest BCUT2D eigenvalue weighted by molar-refractivity contribution is 7.16. The van der Waals surface area contributed by atoms with Crippen molar-refractivity contribution < 1.29 is 0 Å². The molecule has 1 N–H and O–H groups in total. The number of thiazole rings is 1. The Bertz CT molecular complexity index is 661. The highest BCUT2D eigenvalue weighted by Crippen LogP contribution is 2.34. The summed E-state index contributed by atoms with van der Waals surface area (Å²) in [4.78, 5) is 4.39. The van der Waals surface area contributed by atoms with Gasteiger partial charge in [0, 0.05) is 6.04 Å². The summed E-state index contributed by atoms with van der Waals surface area (Å²) in [6.07, 6.45) is 0. The van der Waals surface area contributed by atoms with Crippen molar-refractivity contribution in [2.24, 2.45) is 0 Å². The lowest BCUT2D eigenvalue weighted by molar-refractivity contribution is 0.892. The van der Waals surface area contributed by atoms with Gasteiger partial charge in [-0.05, 0) is 41.4 Å². The number of thiophene rings is 1. The maximum absolute atomic E-state index is 6.27. The molecule has 0 spiro atoms. The minimum absolute atomic E-state index is 0.223. The number of aromatic nitrogens is 1. The second-order valence-corrected chi connectivity index (χ2v) is 6.12. The van der Waals surface area contributed by atoms with E-state index in [4.69, 9.17) is 11.6 Å². The van der Waals surface area contributed by atoms with E-state index in [1.165, 1.54) is 5.56 Å². The van der Waals surface area contributed by atoms with E-state index in [0.29, 0.717) is 0 Å². The van der Waals surface area contributed by atoms with Gasteiger partial charge in [-0.3, -0.25) is 0 Å². The molecule has 0 aliphatic heterocycles. The van der Waals surface area contributed by atoms with Crippen molar-refractivity contribution in [3.05, 3.63) is 45.1 Å². The van der Waals surface area contributed by atoms with Gasteiger partial charge in [-0.2, -0.15) is 11.3 Å². The summed E-state index contributed by atoms with van der Waals surface area (Å²) in [7, 11) is 0. The van der Waals surface area contributed by atoms with Gasteiger partial charge in [0.25, 0.3) is 0 Å². The van der Waals surface area contributed by atoms with Crippen molar-refractivity contribution >= 4 is 50.2 Å². The molecule has 0 aliphatic rings. The third-order valence-corrected chi connectivity index (χ3v) is 4.67. The number of rotatable bonds is 3. The van der Waals surface area contributed by atoms with E-state index in [2.05, 4.69) is 34.1 Å². The molecule has 92 valence electrons. The fourth-order valence-corrected chi connectivity index (χ4v) is 3.51. The van der Waals surface area contributed by atoms with Crippen LogP contribution in [0.1, 0.15) is 18.5 Å². The Morgan fingerprint density at radius 1 is 1.33 bits per heavy atom. The number of halogens is 1. The molecule has 5 heteroatoms. The molecule has 0 saturated heterocycles. The van der Waals surface area contributed by atoms with Gasteiger partial charge < -0.3 is 5.32 Å². The van der Waals surface area contributed by atoms with Crippen LogP contribution >= 0.6 is 34.3 Å². The Morgan fingerprint density at radius 2 is 2.22 bits per heavy atom. The molecule has 0 radical (unpaired) electrons.